The molecule has 38 heavy (non-hydrogen) atoms. The Morgan fingerprint density at radius 2 is 1.16 bits per heavy atom. The van der Waals surface area contributed by atoms with Crippen molar-refractivity contribution in [3.8, 4) is 5.75 Å². The molecule has 6 nitrogen and oxygen atoms in total. The first-order chi connectivity index (χ1) is 18.1. The lowest BCUT2D eigenvalue weighted by Crippen LogP contribution is -2.43. The maximum atomic E-state index is 14.0. The summed E-state index contributed by atoms with van der Waals surface area (Å²) in [6, 6.07) is 32.8. The van der Waals surface area contributed by atoms with E-state index in [-0.39, 0.29) is 11.3 Å². The SMILES string of the molecule is O=C(O)C(F)(F)F.O=C1N(C(c2ccccc2)c2ccccc2)c2ccccc2C1(O)c1ccccc1O. The minimum absolute atomic E-state index is 0.119. The van der Waals surface area contributed by atoms with E-state index < -0.39 is 29.7 Å². The average molecular weight is 521 g/mol. The van der Waals surface area contributed by atoms with E-state index >= 15 is 0 Å². The van der Waals surface area contributed by atoms with Gasteiger partial charge in [0, 0.05) is 11.1 Å². The Balaban J connectivity index is 0.000000426. The Morgan fingerprint density at radius 1 is 0.737 bits per heavy atom. The predicted octanol–water partition coefficient (Wildman–Crippen LogP) is 5.40. The highest BCUT2D eigenvalue weighted by atomic mass is 19.4. The van der Waals surface area contributed by atoms with Crippen LogP contribution in [0.2, 0.25) is 0 Å². The van der Waals surface area contributed by atoms with Gasteiger partial charge in [-0.2, -0.15) is 13.2 Å². The number of aliphatic carboxylic acids is 1. The Hall–Kier alpha value is -4.63. The van der Waals surface area contributed by atoms with Crippen LogP contribution in [0.5, 0.6) is 5.75 Å². The van der Waals surface area contributed by atoms with Crippen LogP contribution in [0.3, 0.4) is 0 Å². The van der Waals surface area contributed by atoms with Crippen molar-refractivity contribution in [3.05, 3.63) is 131 Å². The first-order valence-corrected chi connectivity index (χ1v) is 11.4. The molecule has 0 bridgehead atoms. The number of carboxylic acid groups (broad SMARTS) is 1. The Kier molecular flexibility index (Phi) is 7.23. The van der Waals surface area contributed by atoms with E-state index in [4.69, 9.17) is 9.90 Å². The highest BCUT2D eigenvalue weighted by molar-refractivity contribution is 6.10. The maximum absolute atomic E-state index is 14.0. The van der Waals surface area contributed by atoms with Crippen LogP contribution in [0.4, 0.5) is 18.9 Å². The lowest BCUT2D eigenvalue weighted by molar-refractivity contribution is -0.192. The fraction of sp³-hybridized carbons (Fsp3) is 0.103. The second-order valence-corrected chi connectivity index (χ2v) is 8.45. The number of halogens is 3. The normalized spacial score (nSPS) is 16.6. The average Bonchev–Trinajstić information content (AvgIpc) is 3.13. The number of alkyl halides is 3. The summed E-state index contributed by atoms with van der Waals surface area (Å²) in [6.07, 6.45) is -5.08. The van der Waals surface area contributed by atoms with Crippen molar-refractivity contribution >= 4 is 17.6 Å². The standard InChI is InChI=1S/C27H21NO3.C2HF3O2/c29-24-18-10-8-16-22(24)27(31)21-15-7-9-17-23(21)28(26(27)30)25(19-11-3-1-4-12-19)20-13-5-2-6-14-20;3-2(4,5)1(6)7/h1-18,25,29,31H;(H,6,7). The maximum Gasteiger partial charge on any atom is 0.490 e. The number of hydrogen-bond donors (Lipinski definition) is 3. The van der Waals surface area contributed by atoms with Crippen molar-refractivity contribution in [3.63, 3.8) is 0 Å². The number of nitrogens with zero attached hydrogens (tertiary/aromatic N) is 1. The molecule has 0 saturated heterocycles. The van der Waals surface area contributed by atoms with E-state index in [2.05, 4.69) is 0 Å². The van der Waals surface area contributed by atoms with Gasteiger partial charge in [0.2, 0.25) is 0 Å². The number of hydrogen-bond acceptors (Lipinski definition) is 4. The summed E-state index contributed by atoms with van der Waals surface area (Å²) in [7, 11) is 0. The second-order valence-electron chi connectivity index (χ2n) is 8.45. The van der Waals surface area contributed by atoms with Gasteiger partial charge >= 0.3 is 12.1 Å². The van der Waals surface area contributed by atoms with Gasteiger partial charge < -0.3 is 15.3 Å². The number of aromatic hydroxyl groups is 1. The van der Waals surface area contributed by atoms with Crippen LogP contribution in [-0.4, -0.2) is 33.4 Å². The van der Waals surface area contributed by atoms with Crippen LogP contribution < -0.4 is 4.90 Å². The van der Waals surface area contributed by atoms with Crippen LogP contribution in [0.1, 0.15) is 28.3 Å². The molecular weight excluding hydrogens is 499 g/mol. The van der Waals surface area contributed by atoms with Gasteiger partial charge in [-0.05, 0) is 23.3 Å². The molecule has 0 spiro atoms. The minimum atomic E-state index is -5.08. The molecule has 1 aliphatic heterocycles. The first kappa shape index (κ1) is 26.4. The summed E-state index contributed by atoms with van der Waals surface area (Å²) >= 11 is 0. The molecule has 1 heterocycles. The van der Waals surface area contributed by atoms with E-state index in [9.17, 15) is 28.2 Å². The van der Waals surface area contributed by atoms with Crippen LogP contribution in [0, 0.1) is 0 Å². The number of carboxylic acids is 1. The molecule has 4 aromatic rings. The fourth-order valence-electron chi connectivity index (χ4n) is 4.45. The van der Waals surface area contributed by atoms with Gasteiger partial charge in [0.25, 0.3) is 5.91 Å². The zero-order valence-corrected chi connectivity index (χ0v) is 19.7. The quantitative estimate of drug-likeness (QED) is 0.334. The number of para-hydroxylation sites is 2. The molecular formula is C29H22F3NO5. The van der Waals surface area contributed by atoms with Gasteiger partial charge in [-0.15, -0.1) is 0 Å². The zero-order chi connectivity index (χ0) is 27.5. The van der Waals surface area contributed by atoms with Crippen molar-refractivity contribution in [1.82, 2.24) is 0 Å². The summed E-state index contributed by atoms with van der Waals surface area (Å²) in [6.45, 7) is 0. The van der Waals surface area contributed by atoms with Gasteiger partial charge in [-0.25, -0.2) is 4.79 Å². The number of phenols is 1. The molecule has 9 heteroatoms. The number of amides is 1. The number of aliphatic hydroxyl groups is 1. The van der Waals surface area contributed by atoms with E-state index in [1.54, 1.807) is 35.2 Å². The van der Waals surface area contributed by atoms with E-state index in [0.29, 0.717) is 11.3 Å². The number of phenolic OH excluding ortho intramolecular Hbond substituents is 1. The molecule has 1 amide bonds. The smallest absolute Gasteiger partial charge is 0.490 e. The molecule has 0 radical (unpaired) electrons. The van der Waals surface area contributed by atoms with Gasteiger partial charge in [-0.1, -0.05) is 97.1 Å². The molecule has 0 fully saturated rings. The highest BCUT2D eigenvalue weighted by Crippen LogP contribution is 2.50. The monoisotopic (exact) mass is 521 g/mol. The number of fused-ring (bicyclic) bond motifs is 1. The third kappa shape index (κ3) is 4.83. The van der Waals surface area contributed by atoms with E-state index in [1.807, 2.05) is 72.8 Å². The van der Waals surface area contributed by atoms with Crippen LogP contribution in [0.15, 0.2) is 109 Å². The molecule has 0 aliphatic carbocycles. The second kappa shape index (κ2) is 10.4. The molecule has 194 valence electrons. The van der Waals surface area contributed by atoms with Gasteiger partial charge in [0.05, 0.1) is 11.7 Å². The Morgan fingerprint density at radius 3 is 1.63 bits per heavy atom. The Bertz CT molecular complexity index is 1400. The Labute approximate surface area is 215 Å². The molecule has 3 N–H and O–H groups in total. The molecule has 1 unspecified atom stereocenters. The molecule has 0 aromatic heterocycles. The van der Waals surface area contributed by atoms with E-state index in [1.165, 1.54) is 6.07 Å². The largest absolute Gasteiger partial charge is 0.508 e. The lowest BCUT2D eigenvalue weighted by atomic mass is 9.87. The summed E-state index contributed by atoms with van der Waals surface area (Å²) < 4.78 is 31.7. The summed E-state index contributed by atoms with van der Waals surface area (Å²) in [5.41, 5.74) is 1.13. The molecule has 1 atom stereocenters. The summed E-state index contributed by atoms with van der Waals surface area (Å²) in [5, 5.41) is 29.5. The zero-order valence-electron chi connectivity index (χ0n) is 19.7. The van der Waals surface area contributed by atoms with Crippen molar-refractivity contribution in [2.45, 2.75) is 17.8 Å². The van der Waals surface area contributed by atoms with Crippen molar-refractivity contribution in [2.75, 3.05) is 4.90 Å². The third-order valence-corrected chi connectivity index (χ3v) is 6.11. The van der Waals surface area contributed by atoms with Gasteiger partial charge in [-0.3, -0.25) is 9.69 Å². The van der Waals surface area contributed by atoms with E-state index in [0.717, 1.165) is 11.1 Å². The minimum Gasteiger partial charge on any atom is -0.508 e. The summed E-state index contributed by atoms with van der Waals surface area (Å²) in [5.74, 6) is -3.37. The number of carbonyl (C=O) groups is 2. The topological polar surface area (TPSA) is 98.1 Å². The molecule has 5 rings (SSSR count). The predicted molar refractivity (Wildman–Crippen MR) is 133 cm³/mol. The first-order valence-electron chi connectivity index (χ1n) is 11.4. The third-order valence-electron chi connectivity index (χ3n) is 6.11. The lowest BCUT2D eigenvalue weighted by Gasteiger charge is -2.31. The van der Waals surface area contributed by atoms with Gasteiger partial charge in [0.15, 0.2) is 5.60 Å². The molecule has 1 aliphatic rings. The fourth-order valence-corrected chi connectivity index (χ4v) is 4.45. The van der Waals surface area contributed by atoms with Crippen molar-refractivity contribution in [1.29, 1.82) is 0 Å². The van der Waals surface area contributed by atoms with Crippen LogP contribution >= 0.6 is 0 Å². The highest BCUT2D eigenvalue weighted by Gasteiger charge is 2.54. The molecule has 4 aromatic carbocycles. The number of benzene rings is 4. The number of rotatable bonds is 4. The number of anilines is 1. The van der Waals surface area contributed by atoms with Crippen LogP contribution in [0.25, 0.3) is 0 Å². The van der Waals surface area contributed by atoms with Gasteiger partial charge in [0.1, 0.15) is 5.75 Å². The molecule has 0 saturated carbocycles. The number of carbonyl (C=O) groups excluding carboxylic acids is 1. The van der Waals surface area contributed by atoms with Crippen molar-refractivity contribution < 1.29 is 38.1 Å². The summed E-state index contributed by atoms with van der Waals surface area (Å²) in [4.78, 5) is 24.5. The van der Waals surface area contributed by atoms with Crippen LogP contribution in [-0.2, 0) is 15.2 Å². The van der Waals surface area contributed by atoms with Crippen molar-refractivity contribution in [2.24, 2.45) is 0 Å².